The zero-order valence-corrected chi connectivity index (χ0v) is 37.9. The van der Waals surface area contributed by atoms with Crippen molar-refractivity contribution in [1.82, 2.24) is 0 Å². The molecule has 0 bridgehead atoms. The highest BCUT2D eigenvalue weighted by atomic mass is 16.6. The quantitative estimate of drug-likeness (QED) is 0.0347. The zero-order valence-electron chi connectivity index (χ0n) is 37.9. The molecule has 0 aliphatic heterocycles. The Bertz CT molecular complexity index is 828. The molecule has 0 amide bonds. The number of esters is 3. The van der Waals surface area contributed by atoms with Gasteiger partial charge >= 0.3 is 17.9 Å². The smallest absolute Gasteiger partial charge is 0.306 e. The van der Waals surface area contributed by atoms with Crippen molar-refractivity contribution >= 4 is 17.9 Å². The van der Waals surface area contributed by atoms with Gasteiger partial charge in [0.05, 0.1) is 0 Å². The summed E-state index contributed by atoms with van der Waals surface area (Å²) in [7, 11) is 0. The Hall–Kier alpha value is -1.59. The van der Waals surface area contributed by atoms with Crippen molar-refractivity contribution in [1.29, 1.82) is 0 Å². The minimum Gasteiger partial charge on any atom is -0.462 e. The summed E-state index contributed by atoms with van der Waals surface area (Å²) in [5.74, 6) is -0.851. The maximum absolute atomic E-state index is 12.6. The average molecular weight is 793 g/mol. The van der Waals surface area contributed by atoms with E-state index in [9.17, 15) is 14.4 Å². The monoisotopic (exact) mass is 793 g/mol. The lowest BCUT2D eigenvalue weighted by atomic mass is 10.0. The highest BCUT2D eigenvalue weighted by molar-refractivity contribution is 5.71. The van der Waals surface area contributed by atoms with E-state index >= 15 is 0 Å². The van der Waals surface area contributed by atoms with E-state index in [0.29, 0.717) is 19.3 Å². The van der Waals surface area contributed by atoms with Gasteiger partial charge in [0.1, 0.15) is 13.2 Å². The molecular weight excluding hydrogens is 697 g/mol. The van der Waals surface area contributed by atoms with E-state index in [1.807, 2.05) is 0 Å². The Labute approximate surface area is 348 Å². The van der Waals surface area contributed by atoms with Crippen LogP contribution in [0.25, 0.3) is 0 Å². The molecule has 0 aliphatic carbocycles. The topological polar surface area (TPSA) is 78.9 Å². The van der Waals surface area contributed by atoms with Crippen LogP contribution in [0.15, 0.2) is 0 Å². The fourth-order valence-corrected chi connectivity index (χ4v) is 7.56. The van der Waals surface area contributed by atoms with Crippen LogP contribution in [0.1, 0.15) is 284 Å². The van der Waals surface area contributed by atoms with Crippen molar-refractivity contribution in [3.05, 3.63) is 0 Å². The Kier molecular flexibility index (Phi) is 44.8. The molecule has 6 heteroatoms. The van der Waals surface area contributed by atoms with Gasteiger partial charge in [0.25, 0.3) is 0 Å². The van der Waals surface area contributed by atoms with Crippen LogP contribution in [0.3, 0.4) is 0 Å². The predicted octanol–water partition coefficient (Wildman–Crippen LogP) is 16.0. The van der Waals surface area contributed by atoms with Crippen LogP contribution in [0.4, 0.5) is 0 Å². The number of hydrogen-bond donors (Lipinski definition) is 0. The Morgan fingerprint density at radius 1 is 0.286 bits per heavy atom. The van der Waals surface area contributed by atoms with E-state index in [2.05, 4.69) is 20.8 Å². The van der Waals surface area contributed by atoms with Crippen molar-refractivity contribution in [2.75, 3.05) is 13.2 Å². The van der Waals surface area contributed by atoms with Crippen molar-refractivity contribution in [3.63, 3.8) is 0 Å². The average Bonchev–Trinajstić information content (AvgIpc) is 3.19. The molecule has 0 aromatic rings. The molecular formula is C50H96O6. The Morgan fingerprint density at radius 3 is 0.714 bits per heavy atom. The first-order chi connectivity index (χ1) is 27.5. The predicted molar refractivity (Wildman–Crippen MR) is 238 cm³/mol. The SMILES string of the molecule is CCCCCCCCCCCCCCCCCCC(=O)OC[C@@H](COC(=O)CCCCCCCCCCCCCCCCC)OC(=O)CCCCCCCCC. The first-order valence-corrected chi connectivity index (χ1v) is 25.0. The van der Waals surface area contributed by atoms with Gasteiger partial charge in [-0.05, 0) is 19.3 Å². The highest BCUT2D eigenvalue weighted by Crippen LogP contribution is 2.16. The lowest BCUT2D eigenvalue weighted by Gasteiger charge is -2.18. The molecule has 6 nitrogen and oxygen atoms in total. The molecule has 56 heavy (non-hydrogen) atoms. The minimum absolute atomic E-state index is 0.0628. The standard InChI is InChI=1S/C50H96O6/c1-4-7-10-13-16-18-20-22-24-26-28-30-32-35-37-40-43-49(52)55-46-47(56-50(53)44-41-38-33-15-12-9-6-3)45-54-48(51)42-39-36-34-31-29-27-25-23-21-19-17-14-11-8-5-2/h47H,4-46H2,1-3H3/t47-/m1/s1. The molecule has 1 atom stereocenters. The van der Waals surface area contributed by atoms with E-state index in [-0.39, 0.29) is 31.1 Å². The van der Waals surface area contributed by atoms with Crippen LogP contribution in [0.2, 0.25) is 0 Å². The molecule has 0 saturated carbocycles. The lowest BCUT2D eigenvalue weighted by Crippen LogP contribution is -2.30. The van der Waals surface area contributed by atoms with Gasteiger partial charge < -0.3 is 14.2 Å². The van der Waals surface area contributed by atoms with Gasteiger partial charge in [-0.2, -0.15) is 0 Å². The fourth-order valence-electron chi connectivity index (χ4n) is 7.56. The molecule has 0 heterocycles. The Balaban J connectivity index is 4.17. The van der Waals surface area contributed by atoms with Crippen LogP contribution in [-0.4, -0.2) is 37.2 Å². The summed E-state index contributed by atoms with van der Waals surface area (Å²) in [4.78, 5) is 37.7. The van der Waals surface area contributed by atoms with Gasteiger partial charge in [0.15, 0.2) is 6.10 Å². The van der Waals surface area contributed by atoms with Crippen molar-refractivity contribution in [2.24, 2.45) is 0 Å². The molecule has 0 fully saturated rings. The van der Waals surface area contributed by atoms with E-state index in [1.165, 1.54) is 186 Å². The van der Waals surface area contributed by atoms with Gasteiger partial charge in [-0.1, -0.05) is 245 Å². The van der Waals surface area contributed by atoms with Gasteiger partial charge in [-0.15, -0.1) is 0 Å². The Morgan fingerprint density at radius 2 is 0.482 bits per heavy atom. The molecule has 0 radical (unpaired) electrons. The minimum atomic E-state index is -0.758. The normalized spacial score (nSPS) is 11.8. The van der Waals surface area contributed by atoms with Crippen LogP contribution in [0.5, 0.6) is 0 Å². The second-order valence-electron chi connectivity index (χ2n) is 17.1. The lowest BCUT2D eigenvalue weighted by molar-refractivity contribution is -0.167. The number of carbonyl (C=O) groups excluding carboxylic acids is 3. The zero-order chi connectivity index (χ0) is 40.8. The number of unbranched alkanes of at least 4 members (excludes halogenated alkanes) is 35. The maximum atomic E-state index is 12.6. The highest BCUT2D eigenvalue weighted by Gasteiger charge is 2.19. The molecule has 0 aromatic heterocycles. The number of ether oxygens (including phenoxy) is 3. The summed E-state index contributed by atoms with van der Waals surface area (Å²) in [5.41, 5.74) is 0. The van der Waals surface area contributed by atoms with Gasteiger partial charge in [0.2, 0.25) is 0 Å². The summed E-state index contributed by atoms with van der Waals surface area (Å²) in [5, 5.41) is 0. The fraction of sp³-hybridized carbons (Fsp3) is 0.940. The van der Waals surface area contributed by atoms with Crippen LogP contribution >= 0.6 is 0 Å². The molecule has 332 valence electrons. The van der Waals surface area contributed by atoms with Crippen LogP contribution in [-0.2, 0) is 28.6 Å². The molecule has 0 N–H and O–H groups in total. The molecule has 0 aromatic carbocycles. The van der Waals surface area contributed by atoms with Gasteiger partial charge in [-0.25, -0.2) is 0 Å². The first kappa shape index (κ1) is 54.4. The van der Waals surface area contributed by atoms with Crippen molar-refractivity contribution < 1.29 is 28.6 Å². The third kappa shape index (κ3) is 43.5. The van der Waals surface area contributed by atoms with E-state index in [4.69, 9.17) is 14.2 Å². The van der Waals surface area contributed by atoms with Crippen molar-refractivity contribution in [3.8, 4) is 0 Å². The molecule has 0 saturated heterocycles. The first-order valence-electron chi connectivity index (χ1n) is 25.0. The van der Waals surface area contributed by atoms with E-state index < -0.39 is 6.10 Å². The number of rotatable bonds is 46. The summed E-state index contributed by atoms with van der Waals surface area (Å²) in [6.45, 7) is 6.64. The largest absolute Gasteiger partial charge is 0.462 e. The molecule has 0 rings (SSSR count). The van der Waals surface area contributed by atoms with Crippen LogP contribution < -0.4 is 0 Å². The number of hydrogen-bond acceptors (Lipinski definition) is 6. The third-order valence-corrected chi connectivity index (χ3v) is 11.4. The summed E-state index contributed by atoms with van der Waals surface area (Å²) < 4.78 is 16.7. The van der Waals surface area contributed by atoms with Gasteiger partial charge in [-0.3, -0.25) is 14.4 Å². The summed E-state index contributed by atoms with van der Waals surface area (Å²) >= 11 is 0. The van der Waals surface area contributed by atoms with E-state index in [0.717, 1.165) is 57.8 Å². The molecule has 0 unspecified atom stereocenters. The van der Waals surface area contributed by atoms with Crippen molar-refractivity contribution in [2.45, 2.75) is 290 Å². The second kappa shape index (κ2) is 46.1. The van der Waals surface area contributed by atoms with E-state index in [1.54, 1.807) is 0 Å². The number of carbonyl (C=O) groups is 3. The molecule has 0 aliphatic rings. The second-order valence-corrected chi connectivity index (χ2v) is 17.1. The molecule has 0 spiro atoms. The van der Waals surface area contributed by atoms with Crippen LogP contribution in [0, 0.1) is 0 Å². The third-order valence-electron chi connectivity index (χ3n) is 11.4. The van der Waals surface area contributed by atoms with Gasteiger partial charge in [0, 0.05) is 19.3 Å². The maximum Gasteiger partial charge on any atom is 0.306 e. The summed E-state index contributed by atoms with van der Waals surface area (Å²) in [6, 6.07) is 0. The summed E-state index contributed by atoms with van der Waals surface area (Å²) in [6.07, 6.45) is 48.1.